The lowest BCUT2D eigenvalue weighted by atomic mass is 9.90. The Balaban J connectivity index is 1.53. The van der Waals surface area contributed by atoms with Gasteiger partial charge < -0.3 is 9.32 Å². The first-order chi connectivity index (χ1) is 15.3. The number of carbonyl (C=O) groups is 1. The number of likely N-dealkylation sites (tertiary alicyclic amines) is 1. The van der Waals surface area contributed by atoms with Crippen molar-refractivity contribution in [3.05, 3.63) is 85.1 Å². The van der Waals surface area contributed by atoms with Gasteiger partial charge in [-0.25, -0.2) is 9.97 Å². The summed E-state index contributed by atoms with van der Waals surface area (Å²) in [6, 6.07) is 11.2. The summed E-state index contributed by atoms with van der Waals surface area (Å²) in [5.74, 6) is 1.04. The van der Waals surface area contributed by atoms with E-state index < -0.39 is 0 Å². The summed E-state index contributed by atoms with van der Waals surface area (Å²) >= 11 is 0. The first-order valence-electron chi connectivity index (χ1n) is 10.3. The molecule has 0 radical (unpaired) electrons. The molecular formula is C24H21N5O2. The minimum absolute atomic E-state index is 0.0800. The maximum atomic E-state index is 12.9. The zero-order valence-electron chi connectivity index (χ0n) is 16.9. The van der Waals surface area contributed by atoms with E-state index in [1.165, 1.54) is 6.26 Å². The third kappa shape index (κ3) is 3.94. The molecule has 0 unspecified atom stereocenters. The predicted octanol–water partition coefficient (Wildman–Crippen LogP) is 4.21. The van der Waals surface area contributed by atoms with E-state index in [9.17, 15) is 4.79 Å². The lowest BCUT2D eigenvalue weighted by Crippen LogP contribution is -2.39. The van der Waals surface area contributed by atoms with Crippen molar-refractivity contribution >= 4 is 5.91 Å². The summed E-state index contributed by atoms with van der Waals surface area (Å²) in [5, 5.41) is 0. The van der Waals surface area contributed by atoms with Crippen molar-refractivity contribution in [1.82, 2.24) is 24.8 Å². The Morgan fingerprint density at radius 3 is 2.45 bits per heavy atom. The molecule has 0 aromatic carbocycles. The molecule has 0 saturated carbocycles. The Morgan fingerprint density at radius 2 is 1.74 bits per heavy atom. The highest BCUT2D eigenvalue weighted by molar-refractivity contribution is 5.91. The van der Waals surface area contributed by atoms with Gasteiger partial charge in [0.1, 0.15) is 0 Å². The normalized spacial score (nSPS) is 16.3. The zero-order chi connectivity index (χ0) is 21.0. The highest BCUT2D eigenvalue weighted by atomic mass is 16.3. The highest BCUT2D eigenvalue weighted by Gasteiger charge is 2.29. The van der Waals surface area contributed by atoms with Crippen LogP contribution in [-0.2, 0) is 0 Å². The number of carbonyl (C=O) groups excluding carboxylic acids is 1. The maximum absolute atomic E-state index is 12.9. The van der Waals surface area contributed by atoms with Gasteiger partial charge in [-0.05, 0) is 54.8 Å². The topological polar surface area (TPSA) is 85.0 Å². The summed E-state index contributed by atoms with van der Waals surface area (Å²) in [7, 11) is 0. The van der Waals surface area contributed by atoms with Crippen LogP contribution in [0, 0.1) is 0 Å². The van der Waals surface area contributed by atoms with E-state index in [2.05, 4.69) is 15.0 Å². The zero-order valence-corrected chi connectivity index (χ0v) is 16.9. The summed E-state index contributed by atoms with van der Waals surface area (Å²) in [4.78, 5) is 32.5. The van der Waals surface area contributed by atoms with Gasteiger partial charge in [-0.15, -0.1) is 0 Å². The minimum Gasteiger partial charge on any atom is -0.459 e. The molecule has 0 bridgehead atoms. The van der Waals surface area contributed by atoms with E-state index in [-0.39, 0.29) is 11.8 Å². The number of hydrogen-bond acceptors (Lipinski definition) is 6. The van der Waals surface area contributed by atoms with Crippen molar-refractivity contribution in [2.75, 3.05) is 13.1 Å². The lowest BCUT2D eigenvalue weighted by molar-refractivity contribution is 0.0674. The molecule has 0 aliphatic carbocycles. The second-order valence-corrected chi connectivity index (χ2v) is 7.53. The molecule has 1 fully saturated rings. The van der Waals surface area contributed by atoms with E-state index in [0.717, 1.165) is 35.2 Å². The second kappa shape index (κ2) is 8.47. The standard InChI is InChI=1S/C24H21N5O2/c30-24(21-4-2-14-31-21)29-13-1-3-19(16-29)22-20(17-5-9-25-10-6-17)15-27-23(28-22)18-7-11-26-12-8-18/h2,4-12,14-15,19H,1,3,13,16H2/t19-/m0/s1. The van der Waals surface area contributed by atoms with Crippen molar-refractivity contribution < 1.29 is 9.21 Å². The van der Waals surface area contributed by atoms with Gasteiger partial charge >= 0.3 is 0 Å². The molecule has 7 nitrogen and oxygen atoms in total. The Bertz CT molecular complexity index is 1160. The molecule has 154 valence electrons. The largest absolute Gasteiger partial charge is 0.459 e. The average Bonchev–Trinajstić information content (AvgIpc) is 3.39. The molecule has 4 aromatic rings. The van der Waals surface area contributed by atoms with E-state index >= 15 is 0 Å². The molecule has 0 N–H and O–H groups in total. The molecule has 1 amide bonds. The first kappa shape index (κ1) is 19.1. The van der Waals surface area contributed by atoms with Crippen LogP contribution in [0.1, 0.15) is 35.0 Å². The van der Waals surface area contributed by atoms with Crippen LogP contribution >= 0.6 is 0 Å². The van der Waals surface area contributed by atoms with Gasteiger partial charge in [0.2, 0.25) is 0 Å². The quantitative estimate of drug-likeness (QED) is 0.500. The molecule has 31 heavy (non-hydrogen) atoms. The average molecular weight is 411 g/mol. The summed E-state index contributed by atoms with van der Waals surface area (Å²) in [5.41, 5.74) is 3.85. The molecule has 7 heteroatoms. The van der Waals surface area contributed by atoms with Crippen LogP contribution in [0.15, 0.2) is 78.1 Å². The summed E-state index contributed by atoms with van der Waals surface area (Å²) in [6.07, 6.45) is 12.3. The van der Waals surface area contributed by atoms with Gasteiger partial charge in [0.05, 0.1) is 12.0 Å². The number of nitrogens with zero attached hydrogens (tertiary/aromatic N) is 5. The Kier molecular flexibility index (Phi) is 5.22. The fourth-order valence-corrected chi connectivity index (χ4v) is 4.04. The van der Waals surface area contributed by atoms with Crippen LogP contribution in [0.4, 0.5) is 0 Å². The third-order valence-corrected chi connectivity index (χ3v) is 5.58. The number of amides is 1. The molecule has 1 aliphatic heterocycles. The van der Waals surface area contributed by atoms with Crippen molar-refractivity contribution in [3.63, 3.8) is 0 Å². The minimum atomic E-state index is -0.0800. The summed E-state index contributed by atoms with van der Waals surface area (Å²) in [6.45, 7) is 1.30. The molecular weight excluding hydrogens is 390 g/mol. The molecule has 1 atom stereocenters. The predicted molar refractivity (Wildman–Crippen MR) is 115 cm³/mol. The molecule has 1 saturated heterocycles. The lowest BCUT2D eigenvalue weighted by Gasteiger charge is -2.33. The van der Waals surface area contributed by atoms with Crippen LogP contribution in [0.5, 0.6) is 0 Å². The third-order valence-electron chi connectivity index (χ3n) is 5.58. The van der Waals surface area contributed by atoms with Gasteiger partial charge in [0, 0.05) is 61.1 Å². The second-order valence-electron chi connectivity index (χ2n) is 7.53. The number of furan rings is 1. The Hall–Kier alpha value is -3.87. The Morgan fingerprint density at radius 1 is 1.00 bits per heavy atom. The first-order valence-corrected chi connectivity index (χ1v) is 10.3. The monoisotopic (exact) mass is 411 g/mol. The summed E-state index contributed by atoms with van der Waals surface area (Å²) < 4.78 is 5.33. The Labute approximate surface area is 179 Å². The van der Waals surface area contributed by atoms with Crippen LogP contribution in [0.2, 0.25) is 0 Å². The number of pyridine rings is 2. The SMILES string of the molecule is O=C(c1ccco1)N1CCC[C@H](c2nc(-c3ccncc3)ncc2-c2ccncc2)C1. The van der Waals surface area contributed by atoms with Crippen LogP contribution in [0.3, 0.4) is 0 Å². The van der Waals surface area contributed by atoms with Crippen LogP contribution in [0.25, 0.3) is 22.5 Å². The van der Waals surface area contributed by atoms with E-state index in [1.54, 1.807) is 36.9 Å². The molecule has 0 spiro atoms. The fraction of sp³-hybridized carbons (Fsp3) is 0.208. The van der Waals surface area contributed by atoms with Crippen molar-refractivity contribution in [2.24, 2.45) is 0 Å². The molecule has 5 heterocycles. The molecule has 4 aromatic heterocycles. The van der Waals surface area contributed by atoms with Gasteiger partial charge in [-0.3, -0.25) is 14.8 Å². The van der Waals surface area contributed by atoms with Gasteiger partial charge in [0.25, 0.3) is 5.91 Å². The van der Waals surface area contributed by atoms with Crippen molar-refractivity contribution in [1.29, 1.82) is 0 Å². The number of aromatic nitrogens is 4. The maximum Gasteiger partial charge on any atom is 0.289 e. The van der Waals surface area contributed by atoms with Crippen molar-refractivity contribution in [2.45, 2.75) is 18.8 Å². The number of rotatable bonds is 4. The number of hydrogen-bond donors (Lipinski definition) is 0. The van der Waals surface area contributed by atoms with Gasteiger partial charge in [0.15, 0.2) is 11.6 Å². The fourth-order valence-electron chi connectivity index (χ4n) is 4.04. The van der Waals surface area contributed by atoms with E-state index in [0.29, 0.717) is 24.7 Å². The van der Waals surface area contributed by atoms with E-state index in [1.807, 2.05) is 35.4 Å². The smallest absolute Gasteiger partial charge is 0.289 e. The highest BCUT2D eigenvalue weighted by Crippen LogP contribution is 2.34. The van der Waals surface area contributed by atoms with Gasteiger partial charge in [-0.1, -0.05) is 0 Å². The van der Waals surface area contributed by atoms with Gasteiger partial charge in [-0.2, -0.15) is 0 Å². The van der Waals surface area contributed by atoms with Crippen LogP contribution in [-0.4, -0.2) is 43.8 Å². The van der Waals surface area contributed by atoms with Crippen molar-refractivity contribution in [3.8, 4) is 22.5 Å². The number of piperidine rings is 1. The molecule has 5 rings (SSSR count). The van der Waals surface area contributed by atoms with Crippen LogP contribution < -0.4 is 0 Å². The van der Waals surface area contributed by atoms with E-state index in [4.69, 9.17) is 9.40 Å². The molecule has 1 aliphatic rings.